The summed E-state index contributed by atoms with van der Waals surface area (Å²) >= 11 is 0. The van der Waals surface area contributed by atoms with Gasteiger partial charge in [0.1, 0.15) is 0 Å². The van der Waals surface area contributed by atoms with E-state index >= 15 is 0 Å². The molecule has 1 atom stereocenters. The van der Waals surface area contributed by atoms with Crippen molar-refractivity contribution in [2.24, 2.45) is 0 Å². The molecule has 0 fully saturated rings. The first-order valence-corrected chi connectivity index (χ1v) is 2.95. The standard InChI is InChI=1S/C6H12NO2/c1-4(2)9-6(8)5(3)7/h4-5,7H,1-3H3/q-1/t5-/m0/s1. The van der Waals surface area contributed by atoms with Gasteiger partial charge in [-0.1, -0.05) is 6.92 Å². The van der Waals surface area contributed by atoms with Crippen molar-refractivity contribution in [2.45, 2.75) is 32.9 Å². The molecule has 0 aromatic rings. The number of rotatable bonds is 2. The number of hydrogen-bond acceptors (Lipinski definition) is 2. The molecule has 0 spiro atoms. The molecule has 9 heavy (non-hydrogen) atoms. The molecule has 0 rings (SSSR count). The molecule has 0 heterocycles. The lowest BCUT2D eigenvalue weighted by Crippen LogP contribution is -2.19. The van der Waals surface area contributed by atoms with E-state index in [2.05, 4.69) is 4.74 Å². The quantitative estimate of drug-likeness (QED) is 0.530. The van der Waals surface area contributed by atoms with Gasteiger partial charge in [-0.3, -0.25) is 4.79 Å². The van der Waals surface area contributed by atoms with Crippen LogP contribution < -0.4 is 0 Å². The maximum Gasteiger partial charge on any atom is 0.287 e. The summed E-state index contributed by atoms with van der Waals surface area (Å²) in [6, 6.07) is -0.757. The van der Waals surface area contributed by atoms with Crippen molar-refractivity contribution in [3.63, 3.8) is 0 Å². The molecule has 54 valence electrons. The molecule has 0 aromatic heterocycles. The third-order valence-corrected chi connectivity index (χ3v) is 0.705. The van der Waals surface area contributed by atoms with Crippen LogP contribution in [0, 0.1) is 0 Å². The molecule has 0 saturated heterocycles. The third kappa shape index (κ3) is 3.97. The second-order valence-corrected chi connectivity index (χ2v) is 2.21. The van der Waals surface area contributed by atoms with E-state index in [9.17, 15) is 4.79 Å². The summed E-state index contributed by atoms with van der Waals surface area (Å²) in [6.45, 7) is 5.02. The molecule has 0 unspecified atom stereocenters. The Balaban J connectivity index is 3.51. The van der Waals surface area contributed by atoms with E-state index in [0.717, 1.165) is 0 Å². The molecular formula is C6H12NO2-. The van der Waals surface area contributed by atoms with Gasteiger partial charge in [0.25, 0.3) is 5.97 Å². The van der Waals surface area contributed by atoms with Gasteiger partial charge in [0.05, 0.1) is 6.10 Å². The summed E-state index contributed by atoms with van der Waals surface area (Å²) in [6.07, 6.45) is -0.106. The zero-order valence-corrected chi connectivity index (χ0v) is 5.97. The van der Waals surface area contributed by atoms with Crippen LogP contribution in [-0.4, -0.2) is 18.1 Å². The van der Waals surface area contributed by atoms with Gasteiger partial charge >= 0.3 is 0 Å². The van der Waals surface area contributed by atoms with Gasteiger partial charge in [-0.2, -0.15) is 0 Å². The average molecular weight is 130 g/mol. The van der Waals surface area contributed by atoms with Crippen molar-refractivity contribution < 1.29 is 9.53 Å². The van der Waals surface area contributed by atoms with Crippen molar-refractivity contribution in [2.75, 3.05) is 0 Å². The van der Waals surface area contributed by atoms with Gasteiger partial charge in [-0.15, -0.1) is 0 Å². The van der Waals surface area contributed by atoms with E-state index in [4.69, 9.17) is 5.73 Å². The van der Waals surface area contributed by atoms with Crippen LogP contribution in [0.1, 0.15) is 20.8 Å². The van der Waals surface area contributed by atoms with Gasteiger partial charge in [-0.05, 0) is 19.9 Å². The topological polar surface area (TPSA) is 50.1 Å². The summed E-state index contributed by atoms with van der Waals surface area (Å²) in [5.41, 5.74) is 6.90. The van der Waals surface area contributed by atoms with Gasteiger partial charge < -0.3 is 10.5 Å². The predicted molar refractivity (Wildman–Crippen MR) is 35.0 cm³/mol. The highest BCUT2D eigenvalue weighted by Gasteiger charge is 2.03. The molecule has 3 nitrogen and oxygen atoms in total. The van der Waals surface area contributed by atoms with Crippen LogP contribution >= 0.6 is 0 Å². The summed E-state index contributed by atoms with van der Waals surface area (Å²) in [5.74, 6) is -0.454. The average Bonchev–Trinajstić information content (AvgIpc) is 1.63. The lowest BCUT2D eigenvalue weighted by molar-refractivity contribution is -0.147. The minimum atomic E-state index is -0.757. The summed E-state index contributed by atoms with van der Waals surface area (Å²) in [5, 5.41) is 0. The van der Waals surface area contributed by atoms with E-state index in [1.54, 1.807) is 13.8 Å². The molecular weight excluding hydrogens is 118 g/mol. The second-order valence-electron chi connectivity index (χ2n) is 2.21. The number of ether oxygens (including phenoxy) is 1. The number of nitrogens with one attached hydrogen (secondary N) is 1. The Kier molecular flexibility index (Phi) is 3.24. The van der Waals surface area contributed by atoms with E-state index in [0.29, 0.717) is 0 Å². The first-order chi connectivity index (χ1) is 4.04. The Morgan fingerprint density at radius 3 is 2.00 bits per heavy atom. The molecule has 0 saturated carbocycles. The van der Waals surface area contributed by atoms with Crippen molar-refractivity contribution in [3.8, 4) is 0 Å². The lowest BCUT2D eigenvalue weighted by atomic mass is 10.4. The zero-order chi connectivity index (χ0) is 7.44. The van der Waals surface area contributed by atoms with Crippen LogP contribution in [0.15, 0.2) is 0 Å². The molecule has 0 aliphatic rings. The van der Waals surface area contributed by atoms with Gasteiger partial charge in [-0.25, -0.2) is 0 Å². The Morgan fingerprint density at radius 2 is 1.89 bits per heavy atom. The highest BCUT2D eigenvalue weighted by atomic mass is 16.5. The molecule has 0 aromatic carbocycles. The normalized spacial score (nSPS) is 13.4. The maximum atomic E-state index is 10.5. The van der Waals surface area contributed by atoms with Crippen LogP contribution in [0.4, 0.5) is 0 Å². The van der Waals surface area contributed by atoms with Crippen LogP contribution in [0.2, 0.25) is 0 Å². The smallest absolute Gasteiger partial charge is 0.287 e. The van der Waals surface area contributed by atoms with Gasteiger partial charge in [0.2, 0.25) is 0 Å². The molecule has 0 amide bonds. The summed E-state index contributed by atoms with van der Waals surface area (Å²) < 4.78 is 4.69. The number of esters is 1. The first kappa shape index (κ1) is 8.43. The first-order valence-electron chi connectivity index (χ1n) is 2.95. The van der Waals surface area contributed by atoms with Crippen molar-refractivity contribution in [1.29, 1.82) is 0 Å². The lowest BCUT2D eigenvalue weighted by Gasteiger charge is -2.14. The van der Waals surface area contributed by atoms with E-state index in [1.807, 2.05) is 0 Å². The van der Waals surface area contributed by atoms with Crippen LogP contribution in [-0.2, 0) is 9.53 Å². The van der Waals surface area contributed by atoms with E-state index < -0.39 is 12.0 Å². The number of carbonyl (C=O) groups is 1. The van der Waals surface area contributed by atoms with Gasteiger partial charge in [0, 0.05) is 0 Å². The molecule has 0 aliphatic heterocycles. The van der Waals surface area contributed by atoms with Crippen molar-refractivity contribution in [3.05, 3.63) is 5.73 Å². The minimum Gasteiger partial charge on any atom is -0.666 e. The van der Waals surface area contributed by atoms with Crippen LogP contribution in [0.3, 0.4) is 0 Å². The van der Waals surface area contributed by atoms with E-state index in [-0.39, 0.29) is 6.10 Å². The molecule has 3 heteroatoms. The Hall–Kier alpha value is -0.570. The second kappa shape index (κ2) is 3.45. The fourth-order valence-electron chi connectivity index (χ4n) is 0.334. The highest BCUT2D eigenvalue weighted by molar-refractivity contribution is 5.76. The monoisotopic (exact) mass is 130 g/mol. The number of hydrogen-bond donors (Lipinski definition) is 0. The fraction of sp³-hybridized carbons (Fsp3) is 0.833. The largest absolute Gasteiger partial charge is 0.666 e. The molecule has 0 aliphatic carbocycles. The Labute approximate surface area is 55.2 Å². The predicted octanol–water partition coefficient (Wildman–Crippen LogP) is 1.38. The maximum absolute atomic E-state index is 10.5. The Bertz CT molecular complexity index is 99.2. The third-order valence-electron chi connectivity index (χ3n) is 0.705. The number of carbonyl (C=O) groups excluding carboxylic acids is 1. The SMILES string of the molecule is CC(C)OC(=O)[C@H](C)[NH-]. The van der Waals surface area contributed by atoms with E-state index in [1.165, 1.54) is 6.92 Å². The van der Waals surface area contributed by atoms with Crippen molar-refractivity contribution in [1.82, 2.24) is 0 Å². The highest BCUT2D eigenvalue weighted by Crippen LogP contribution is 1.95. The minimum absolute atomic E-state index is 0.106. The summed E-state index contributed by atoms with van der Waals surface area (Å²) in [7, 11) is 0. The Morgan fingerprint density at radius 1 is 1.44 bits per heavy atom. The molecule has 1 N–H and O–H groups in total. The zero-order valence-electron chi connectivity index (χ0n) is 5.97. The molecule has 0 bridgehead atoms. The van der Waals surface area contributed by atoms with Crippen LogP contribution in [0.5, 0.6) is 0 Å². The molecule has 0 radical (unpaired) electrons. The van der Waals surface area contributed by atoms with Gasteiger partial charge in [0.15, 0.2) is 0 Å². The fourth-order valence-corrected chi connectivity index (χ4v) is 0.334. The summed E-state index contributed by atoms with van der Waals surface area (Å²) in [4.78, 5) is 10.5. The van der Waals surface area contributed by atoms with Crippen LogP contribution in [0.25, 0.3) is 5.73 Å². The van der Waals surface area contributed by atoms with Crippen molar-refractivity contribution >= 4 is 5.97 Å².